The zero-order valence-corrected chi connectivity index (χ0v) is 13.5. The smallest absolute Gasteiger partial charge is 0.346 e. The molecule has 1 amide bonds. The number of nitro benzene ring substituents is 1. The summed E-state index contributed by atoms with van der Waals surface area (Å²) in [4.78, 5) is 34.5. The standard InChI is InChI=1S/C15H18N2O7/c1-8(14(18)16-9-4-5-9)24-15(19)10-6-12(22-2)13(23-3)7-11(10)17(20)21/h6-9H,4-5H2,1-3H3,(H,16,18)/t8-/m0/s1. The minimum absolute atomic E-state index is 0.111. The Hall–Kier alpha value is -2.84. The van der Waals surface area contributed by atoms with E-state index in [0.29, 0.717) is 0 Å². The van der Waals surface area contributed by atoms with Crippen molar-refractivity contribution < 1.29 is 28.7 Å². The van der Waals surface area contributed by atoms with Crippen LogP contribution in [-0.4, -0.2) is 43.2 Å². The van der Waals surface area contributed by atoms with Crippen LogP contribution in [0, 0.1) is 10.1 Å². The quantitative estimate of drug-likeness (QED) is 0.454. The first-order valence-electron chi connectivity index (χ1n) is 7.29. The number of carbonyl (C=O) groups excluding carboxylic acids is 2. The highest BCUT2D eigenvalue weighted by atomic mass is 16.6. The number of nitrogens with zero attached hydrogens (tertiary/aromatic N) is 1. The molecule has 0 heterocycles. The van der Waals surface area contributed by atoms with Crippen LogP contribution in [0.3, 0.4) is 0 Å². The van der Waals surface area contributed by atoms with Crippen molar-refractivity contribution in [2.24, 2.45) is 0 Å². The van der Waals surface area contributed by atoms with Gasteiger partial charge < -0.3 is 19.5 Å². The Morgan fingerprint density at radius 1 is 1.25 bits per heavy atom. The maximum atomic E-state index is 12.3. The highest BCUT2D eigenvalue weighted by Gasteiger charge is 2.30. The van der Waals surface area contributed by atoms with Gasteiger partial charge in [-0.05, 0) is 19.8 Å². The predicted octanol–water partition coefficient (Wildman–Crippen LogP) is 1.44. The predicted molar refractivity (Wildman–Crippen MR) is 82.2 cm³/mol. The molecule has 1 saturated carbocycles. The second kappa shape index (κ2) is 7.16. The third-order valence-electron chi connectivity index (χ3n) is 3.50. The van der Waals surface area contributed by atoms with Gasteiger partial charge in [-0.2, -0.15) is 0 Å². The van der Waals surface area contributed by atoms with Crippen molar-refractivity contribution in [3.8, 4) is 11.5 Å². The van der Waals surface area contributed by atoms with Crippen LogP contribution in [-0.2, 0) is 9.53 Å². The third kappa shape index (κ3) is 3.92. The molecule has 1 atom stereocenters. The van der Waals surface area contributed by atoms with E-state index >= 15 is 0 Å². The number of benzene rings is 1. The van der Waals surface area contributed by atoms with Gasteiger partial charge in [-0.1, -0.05) is 0 Å². The summed E-state index contributed by atoms with van der Waals surface area (Å²) in [5.41, 5.74) is -0.809. The first-order valence-corrected chi connectivity index (χ1v) is 7.29. The second-order valence-corrected chi connectivity index (χ2v) is 5.31. The van der Waals surface area contributed by atoms with E-state index < -0.39 is 28.6 Å². The zero-order valence-electron chi connectivity index (χ0n) is 13.5. The first kappa shape index (κ1) is 17.5. The van der Waals surface area contributed by atoms with Gasteiger partial charge >= 0.3 is 5.97 Å². The normalized spacial score (nSPS) is 14.5. The first-order chi connectivity index (χ1) is 11.4. The molecule has 1 aromatic rings. The molecule has 9 heteroatoms. The molecule has 1 aliphatic carbocycles. The van der Waals surface area contributed by atoms with Crippen molar-refractivity contribution in [1.82, 2.24) is 5.32 Å². The Morgan fingerprint density at radius 2 is 1.83 bits per heavy atom. The van der Waals surface area contributed by atoms with Crippen LogP contribution in [0.25, 0.3) is 0 Å². The Bertz CT molecular complexity index is 670. The average Bonchev–Trinajstić information content (AvgIpc) is 3.36. The SMILES string of the molecule is COc1cc(C(=O)O[C@@H](C)C(=O)NC2CC2)c([N+](=O)[O-])cc1OC. The molecule has 0 bridgehead atoms. The summed E-state index contributed by atoms with van der Waals surface area (Å²) < 4.78 is 15.1. The second-order valence-electron chi connectivity index (χ2n) is 5.31. The summed E-state index contributed by atoms with van der Waals surface area (Å²) in [5, 5.41) is 13.9. The van der Waals surface area contributed by atoms with E-state index in [-0.39, 0.29) is 23.1 Å². The lowest BCUT2D eigenvalue weighted by atomic mass is 10.1. The summed E-state index contributed by atoms with van der Waals surface area (Å²) in [5.74, 6) is -1.17. The monoisotopic (exact) mass is 338 g/mol. The van der Waals surface area contributed by atoms with Gasteiger partial charge in [-0.15, -0.1) is 0 Å². The van der Waals surface area contributed by atoms with E-state index in [4.69, 9.17) is 14.2 Å². The highest BCUT2D eigenvalue weighted by Crippen LogP contribution is 2.35. The van der Waals surface area contributed by atoms with E-state index in [0.717, 1.165) is 25.0 Å². The third-order valence-corrected chi connectivity index (χ3v) is 3.50. The number of nitrogens with one attached hydrogen (secondary N) is 1. The Labute approximate surface area is 138 Å². The molecule has 1 aromatic carbocycles. The number of amides is 1. The molecular weight excluding hydrogens is 320 g/mol. The van der Waals surface area contributed by atoms with Crippen molar-refractivity contribution >= 4 is 17.6 Å². The van der Waals surface area contributed by atoms with Gasteiger partial charge in [-0.3, -0.25) is 14.9 Å². The summed E-state index contributed by atoms with van der Waals surface area (Å²) >= 11 is 0. The summed E-state index contributed by atoms with van der Waals surface area (Å²) in [7, 11) is 2.66. The van der Waals surface area contributed by atoms with Crippen LogP contribution >= 0.6 is 0 Å². The van der Waals surface area contributed by atoms with Crippen LogP contribution in [0.4, 0.5) is 5.69 Å². The molecule has 0 aliphatic heterocycles. The average molecular weight is 338 g/mol. The molecule has 0 radical (unpaired) electrons. The van der Waals surface area contributed by atoms with E-state index in [9.17, 15) is 19.7 Å². The number of carbonyl (C=O) groups is 2. The number of esters is 1. The number of ether oxygens (including phenoxy) is 3. The van der Waals surface area contributed by atoms with Crippen molar-refractivity contribution in [1.29, 1.82) is 0 Å². The zero-order chi connectivity index (χ0) is 17.9. The van der Waals surface area contributed by atoms with E-state index in [2.05, 4.69) is 5.32 Å². The van der Waals surface area contributed by atoms with Crippen LogP contribution in [0.1, 0.15) is 30.1 Å². The van der Waals surface area contributed by atoms with E-state index in [1.165, 1.54) is 21.1 Å². The van der Waals surface area contributed by atoms with Crippen LogP contribution in [0.2, 0.25) is 0 Å². The number of methoxy groups -OCH3 is 2. The maximum absolute atomic E-state index is 12.3. The van der Waals surface area contributed by atoms with Gasteiger partial charge in [0, 0.05) is 12.1 Å². The number of nitro groups is 1. The van der Waals surface area contributed by atoms with Gasteiger partial charge in [0.25, 0.3) is 11.6 Å². The number of rotatable bonds is 7. The van der Waals surface area contributed by atoms with Gasteiger partial charge in [-0.25, -0.2) is 4.79 Å². The Kier molecular flexibility index (Phi) is 5.22. The van der Waals surface area contributed by atoms with Crippen molar-refractivity contribution in [2.45, 2.75) is 31.9 Å². The van der Waals surface area contributed by atoms with E-state index in [1.54, 1.807) is 0 Å². The van der Waals surface area contributed by atoms with Crippen molar-refractivity contribution in [3.05, 3.63) is 27.8 Å². The Morgan fingerprint density at radius 3 is 2.33 bits per heavy atom. The Balaban J connectivity index is 2.23. The molecular formula is C15H18N2O7. The van der Waals surface area contributed by atoms with Crippen molar-refractivity contribution in [2.75, 3.05) is 14.2 Å². The summed E-state index contributed by atoms with van der Waals surface area (Å²) in [6.45, 7) is 1.40. The topological polar surface area (TPSA) is 117 Å². The van der Waals surface area contributed by atoms with Gasteiger partial charge in [0.05, 0.1) is 25.2 Å². The largest absolute Gasteiger partial charge is 0.493 e. The van der Waals surface area contributed by atoms with Crippen LogP contribution in [0.5, 0.6) is 11.5 Å². The van der Waals surface area contributed by atoms with Gasteiger partial charge in [0.15, 0.2) is 17.6 Å². The molecule has 130 valence electrons. The van der Waals surface area contributed by atoms with Gasteiger partial charge in [0.2, 0.25) is 0 Å². The molecule has 9 nitrogen and oxygen atoms in total. The minimum atomic E-state index is -1.06. The maximum Gasteiger partial charge on any atom is 0.346 e. The fourth-order valence-corrected chi connectivity index (χ4v) is 2.01. The highest BCUT2D eigenvalue weighted by molar-refractivity contribution is 5.96. The molecule has 0 unspecified atom stereocenters. The fourth-order valence-electron chi connectivity index (χ4n) is 2.01. The lowest BCUT2D eigenvalue weighted by molar-refractivity contribution is -0.385. The minimum Gasteiger partial charge on any atom is -0.493 e. The van der Waals surface area contributed by atoms with E-state index in [1.807, 2.05) is 0 Å². The number of hydrogen-bond acceptors (Lipinski definition) is 7. The number of hydrogen-bond donors (Lipinski definition) is 1. The molecule has 1 aliphatic rings. The summed E-state index contributed by atoms with van der Waals surface area (Å²) in [6, 6.07) is 2.35. The van der Waals surface area contributed by atoms with Crippen LogP contribution in [0.15, 0.2) is 12.1 Å². The molecule has 1 fully saturated rings. The lowest BCUT2D eigenvalue weighted by Crippen LogP contribution is -2.37. The molecule has 0 saturated heterocycles. The lowest BCUT2D eigenvalue weighted by Gasteiger charge is -2.14. The molecule has 24 heavy (non-hydrogen) atoms. The van der Waals surface area contributed by atoms with Gasteiger partial charge in [0.1, 0.15) is 5.56 Å². The molecule has 1 N–H and O–H groups in total. The van der Waals surface area contributed by atoms with Crippen LogP contribution < -0.4 is 14.8 Å². The van der Waals surface area contributed by atoms with Crippen molar-refractivity contribution in [3.63, 3.8) is 0 Å². The summed E-state index contributed by atoms with van der Waals surface area (Å²) in [6.07, 6.45) is 0.729. The fraction of sp³-hybridized carbons (Fsp3) is 0.467. The molecule has 2 rings (SSSR count). The molecule has 0 spiro atoms. The molecule has 0 aromatic heterocycles.